The number of nitrogens with one attached hydrogen (secondary N) is 2. The Morgan fingerprint density at radius 2 is 1.91 bits per heavy atom. The topological polar surface area (TPSA) is 79.8 Å². The second kappa shape index (κ2) is 9.55. The minimum Gasteiger partial charge on any atom is -0.465 e. The van der Waals surface area contributed by atoms with Gasteiger partial charge in [-0.15, -0.1) is 0 Å². The van der Waals surface area contributed by atoms with Crippen LogP contribution in [0.5, 0.6) is 0 Å². The number of rotatable bonds is 7. The molecule has 0 spiro atoms. The summed E-state index contributed by atoms with van der Waals surface area (Å²) in [5.41, 5.74) is 3.60. The van der Waals surface area contributed by atoms with Crippen molar-refractivity contribution in [1.29, 1.82) is 0 Å². The number of urea groups is 1. The number of hydrogen-bond donors (Lipinski definition) is 2. The molecule has 6 heteroatoms. The number of para-hydroxylation sites is 1. The Balaban J connectivity index is 2.61. The molecular weight excluding hydrogens is 282 g/mol. The van der Waals surface area contributed by atoms with E-state index in [1.54, 1.807) is 26.0 Å². The van der Waals surface area contributed by atoms with E-state index in [1.165, 1.54) is 0 Å². The van der Waals surface area contributed by atoms with Gasteiger partial charge in [0, 0.05) is 11.4 Å². The molecule has 0 saturated heterocycles. The van der Waals surface area contributed by atoms with Crippen LogP contribution in [0, 0.1) is 5.92 Å². The van der Waals surface area contributed by atoms with E-state index in [4.69, 9.17) is 4.74 Å². The van der Waals surface area contributed by atoms with Crippen molar-refractivity contribution in [1.82, 2.24) is 5.43 Å². The Morgan fingerprint density at radius 1 is 1.23 bits per heavy atom. The van der Waals surface area contributed by atoms with Crippen LogP contribution in [0.25, 0.3) is 0 Å². The van der Waals surface area contributed by atoms with Gasteiger partial charge in [0.15, 0.2) is 0 Å². The van der Waals surface area contributed by atoms with Gasteiger partial charge in [0.2, 0.25) is 0 Å². The Hall–Kier alpha value is -2.37. The number of nitrogens with zero attached hydrogens (tertiary/aromatic N) is 1. The van der Waals surface area contributed by atoms with Crippen molar-refractivity contribution >= 4 is 23.4 Å². The number of anilines is 1. The van der Waals surface area contributed by atoms with Crippen molar-refractivity contribution in [2.24, 2.45) is 11.0 Å². The van der Waals surface area contributed by atoms with Gasteiger partial charge in [0.05, 0.1) is 12.5 Å². The summed E-state index contributed by atoms with van der Waals surface area (Å²) < 4.78 is 5.03. The van der Waals surface area contributed by atoms with E-state index in [9.17, 15) is 9.59 Å². The third-order valence-corrected chi connectivity index (χ3v) is 3.02. The predicted octanol–water partition coefficient (Wildman–Crippen LogP) is 3.16. The number of esters is 1. The van der Waals surface area contributed by atoms with Crippen molar-refractivity contribution in [2.75, 3.05) is 11.9 Å². The lowest BCUT2D eigenvalue weighted by Crippen LogP contribution is -2.29. The maximum Gasteiger partial charge on any atom is 0.339 e. The predicted molar refractivity (Wildman–Crippen MR) is 86.7 cm³/mol. The lowest BCUT2D eigenvalue weighted by molar-refractivity contribution is -0.145. The molecule has 0 unspecified atom stereocenters. The Bertz CT molecular complexity index is 515. The summed E-state index contributed by atoms with van der Waals surface area (Å²) in [7, 11) is 0. The van der Waals surface area contributed by atoms with Gasteiger partial charge >= 0.3 is 12.0 Å². The van der Waals surface area contributed by atoms with E-state index in [-0.39, 0.29) is 5.97 Å². The van der Waals surface area contributed by atoms with Crippen LogP contribution in [0.3, 0.4) is 0 Å². The summed E-state index contributed by atoms with van der Waals surface area (Å²) in [6, 6.07) is 8.60. The molecule has 0 radical (unpaired) electrons. The van der Waals surface area contributed by atoms with Gasteiger partial charge < -0.3 is 10.1 Å². The van der Waals surface area contributed by atoms with E-state index in [0.29, 0.717) is 24.4 Å². The first kappa shape index (κ1) is 17.7. The summed E-state index contributed by atoms with van der Waals surface area (Å²) in [4.78, 5) is 23.6. The van der Waals surface area contributed by atoms with Crippen LogP contribution < -0.4 is 10.7 Å². The average molecular weight is 305 g/mol. The summed E-state index contributed by atoms with van der Waals surface area (Å²) in [6.07, 6.45) is 1.46. The maximum atomic E-state index is 11.9. The van der Waals surface area contributed by atoms with Gasteiger partial charge in [-0.1, -0.05) is 31.5 Å². The molecule has 0 aromatic heterocycles. The molecule has 1 atom stereocenters. The van der Waals surface area contributed by atoms with E-state index in [0.717, 1.165) is 6.42 Å². The molecule has 0 aliphatic rings. The highest BCUT2D eigenvalue weighted by molar-refractivity contribution is 6.01. The van der Waals surface area contributed by atoms with Crippen LogP contribution in [0.2, 0.25) is 0 Å². The van der Waals surface area contributed by atoms with Crippen molar-refractivity contribution in [3.8, 4) is 0 Å². The van der Waals surface area contributed by atoms with Crippen molar-refractivity contribution in [3.63, 3.8) is 0 Å². The van der Waals surface area contributed by atoms with Gasteiger partial charge in [-0.05, 0) is 32.4 Å². The van der Waals surface area contributed by atoms with Crippen LogP contribution in [-0.2, 0) is 9.53 Å². The summed E-state index contributed by atoms with van der Waals surface area (Å²) >= 11 is 0. The lowest BCUT2D eigenvalue weighted by Gasteiger charge is -2.14. The molecule has 0 bridgehead atoms. The molecule has 2 N–H and O–H groups in total. The fourth-order valence-corrected chi connectivity index (χ4v) is 1.93. The third kappa shape index (κ3) is 5.95. The zero-order valence-corrected chi connectivity index (χ0v) is 13.3. The van der Waals surface area contributed by atoms with Crippen LogP contribution >= 0.6 is 0 Å². The fraction of sp³-hybridized carbons (Fsp3) is 0.438. The van der Waals surface area contributed by atoms with Crippen molar-refractivity contribution in [3.05, 3.63) is 30.3 Å². The van der Waals surface area contributed by atoms with E-state index < -0.39 is 11.9 Å². The number of carbonyl (C=O) groups excluding carboxylic acids is 2. The highest BCUT2D eigenvalue weighted by Gasteiger charge is 2.22. The lowest BCUT2D eigenvalue weighted by atomic mass is 9.99. The zero-order valence-electron chi connectivity index (χ0n) is 13.3. The van der Waals surface area contributed by atoms with Crippen molar-refractivity contribution in [2.45, 2.75) is 33.6 Å². The van der Waals surface area contributed by atoms with E-state index >= 15 is 0 Å². The highest BCUT2D eigenvalue weighted by Crippen LogP contribution is 2.11. The van der Waals surface area contributed by atoms with E-state index in [1.807, 2.05) is 25.1 Å². The minimum absolute atomic E-state index is 0.309. The molecular formula is C16H23N3O3. The number of carbonyl (C=O) groups is 2. The summed E-state index contributed by atoms with van der Waals surface area (Å²) in [5, 5.41) is 6.65. The molecule has 0 heterocycles. The fourth-order valence-electron chi connectivity index (χ4n) is 1.93. The van der Waals surface area contributed by atoms with Gasteiger partial charge in [-0.3, -0.25) is 4.79 Å². The second-order valence-electron chi connectivity index (χ2n) is 4.78. The number of hydrazone groups is 1. The Labute approximate surface area is 130 Å². The standard InChI is InChI=1S/C16H23N3O3/c1-4-9-14(15(20)22-5-2)12(3)18-19-16(21)17-13-10-7-6-8-11-13/h6-8,10-11,14H,4-5,9H2,1-3H3,(H2,17,19,21)/b18-12-/t14-/m1/s1. The van der Waals surface area contributed by atoms with Crippen LogP contribution in [0.15, 0.2) is 35.4 Å². The van der Waals surface area contributed by atoms with Crippen molar-refractivity contribution < 1.29 is 14.3 Å². The first-order valence-electron chi connectivity index (χ1n) is 7.41. The molecule has 22 heavy (non-hydrogen) atoms. The Morgan fingerprint density at radius 3 is 2.50 bits per heavy atom. The normalized spacial score (nSPS) is 12.4. The number of benzene rings is 1. The molecule has 0 saturated carbocycles. The molecule has 1 aromatic carbocycles. The SMILES string of the molecule is CCC[C@@H](C(=O)OCC)/C(C)=N\NC(=O)Nc1ccccc1. The minimum atomic E-state index is -0.454. The summed E-state index contributed by atoms with van der Waals surface area (Å²) in [6.45, 7) is 5.78. The van der Waals surface area contributed by atoms with Gasteiger partial charge in [-0.25, -0.2) is 10.2 Å². The van der Waals surface area contributed by atoms with Gasteiger partial charge in [-0.2, -0.15) is 5.10 Å². The number of hydrogen-bond acceptors (Lipinski definition) is 4. The molecule has 1 rings (SSSR count). The molecule has 0 fully saturated rings. The average Bonchev–Trinajstić information content (AvgIpc) is 2.51. The largest absolute Gasteiger partial charge is 0.465 e. The first-order valence-corrected chi connectivity index (χ1v) is 7.41. The Kier molecular flexibility index (Phi) is 7.67. The van der Waals surface area contributed by atoms with Crippen LogP contribution in [0.1, 0.15) is 33.6 Å². The van der Waals surface area contributed by atoms with Gasteiger partial charge in [0.1, 0.15) is 0 Å². The molecule has 0 aliphatic heterocycles. The molecule has 120 valence electrons. The number of ether oxygens (including phenoxy) is 1. The highest BCUT2D eigenvalue weighted by atomic mass is 16.5. The van der Waals surface area contributed by atoms with Gasteiger partial charge in [0.25, 0.3) is 0 Å². The molecule has 1 aromatic rings. The number of amides is 2. The smallest absolute Gasteiger partial charge is 0.339 e. The van der Waals surface area contributed by atoms with Crippen LogP contribution in [-0.4, -0.2) is 24.3 Å². The first-order chi connectivity index (χ1) is 10.6. The zero-order chi connectivity index (χ0) is 16.4. The molecule has 6 nitrogen and oxygen atoms in total. The quantitative estimate of drug-likeness (QED) is 0.461. The monoisotopic (exact) mass is 305 g/mol. The van der Waals surface area contributed by atoms with E-state index in [2.05, 4.69) is 15.8 Å². The molecule has 0 aliphatic carbocycles. The molecule has 2 amide bonds. The van der Waals surface area contributed by atoms with Crippen LogP contribution in [0.4, 0.5) is 10.5 Å². The third-order valence-electron chi connectivity index (χ3n) is 3.02. The summed E-state index contributed by atoms with van der Waals surface area (Å²) in [5.74, 6) is -0.738. The second-order valence-corrected chi connectivity index (χ2v) is 4.78. The maximum absolute atomic E-state index is 11.9.